The summed E-state index contributed by atoms with van der Waals surface area (Å²) < 4.78 is 5.14. The molecule has 2 atom stereocenters. The predicted octanol–water partition coefficient (Wildman–Crippen LogP) is 0.0363. The van der Waals surface area contributed by atoms with Gasteiger partial charge in [0.15, 0.2) is 0 Å². The van der Waals surface area contributed by atoms with Gasteiger partial charge >= 0.3 is 0 Å². The van der Waals surface area contributed by atoms with E-state index >= 15 is 0 Å². The van der Waals surface area contributed by atoms with E-state index < -0.39 is 0 Å². The first-order valence-corrected chi connectivity index (χ1v) is 3.74. The van der Waals surface area contributed by atoms with Crippen LogP contribution in [0, 0.1) is 0 Å². The Morgan fingerprint density at radius 3 is 3.18 bits per heavy atom. The highest BCUT2D eigenvalue weighted by Crippen LogP contribution is 2.20. The lowest BCUT2D eigenvalue weighted by molar-refractivity contribution is 0.428. The minimum atomic E-state index is 0.222. The molecular formula is C7H11N3O. The summed E-state index contributed by atoms with van der Waals surface area (Å²) in [5, 5.41) is 3.23. The number of rotatable bonds is 1. The fourth-order valence-electron chi connectivity index (χ4n) is 1.36. The third-order valence-electron chi connectivity index (χ3n) is 1.91. The minimum absolute atomic E-state index is 0.222. The third kappa shape index (κ3) is 1.27. The van der Waals surface area contributed by atoms with Crippen LogP contribution in [0.5, 0.6) is 0 Å². The largest absolute Gasteiger partial charge is 0.447 e. The van der Waals surface area contributed by atoms with E-state index in [9.17, 15) is 0 Å². The number of hydrogen-bond donors (Lipinski definition) is 2. The zero-order valence-electron chi connectivity index (χ0n) is 6.16. The van der Waals surface area contributed by atoms with Gasteiger partial charge in [-0.3, -0.25) is 0 Å². The average Bonchev–Trinajstić information content (AvgIpc) is 2.55. The van der Waals surface area contributed by atoms with E-state index in [0.717, 1.165) is 18.9 Å². The summed E-state index contributed by atoms with van der Waals surface area (Å²) in [4.78, 5) is 4.05. The molecule has 0 amide bonds. The maximum absolute atomic E-state index is 5.70. The molecule has 1 aromatic heterocycles. The van der Waals surface area contributed by atoms with Crippen molar-refractivity contribution < 1.29 is 4.42 Å². The standard InChI is InChI=1S/C7H11N3O/c8-5-3-6(10-4-5)7-9-1-2-11-7/h1-2,5-6,10H,3-4,8H2/t5-,6-/m0/s1. The highest BCUT2D eigenvalue weighted by atomic mass is 16.3. The molecule has 0 saturated carbocycles. The van der Waals surface area contributed by atoms with Gasteiger partial charge in [0.2, 0.25) is 5.89 Å². The Bertz CT molecular complexity index is 222. The molecule has 0 spiro atoms. The normalized spacial score (nSPS) is 31.0. The van der Waals surface area contributed by atoms with Crippen molar-refractivity contribution in [3.05, 3.63) is 18.4 Å². The molecule has 1 aromatic rings. The monoisotopic (exact) mass is 153 g/mol. The molecule has 3 N–H and O–H groups in total. The van der Waals surface area contributed by atoms with Gasteiger partial charge in [-0.25, -0.2) is 4.98 Å². The number of nitrogens with two attached hydrogens (primary N) is 1. The van der Waals surface area contributed by atoms with E-state index in [2.05, 4.69) is 10.3 Å². The lowest BCUT2D eigenvalue weighted by Gasteiger charge is -2.02. The summed E-state index contributed by atoms with van der Waals surface area (Å²) in [6, 6.07) is 0.465. The van der Waals surface area contributed by atoms with Gasteiger partial charge < -0.3 is 15.5 Å². The fourth-order valence-corrected chi connectivity index (χ4v) is 1.36. The molecule has 1 fully saturated rings. The zero-order chi connectivity index (χ0) is 7.68. The van der Waals surface area contributed by atoms with Crippen LogP contribution >= 0.6 is 0 Å². The van der Waals surface area contributed by atoms with E-state index in [1.54, 1.807) is 12.5 Å². The first kappa shape index (κ1) is 6.82. The van der Waals surface area contributed by atoms with E-state index in [-0.39, 0.29) is 12.1 Å². The summed E-state index contributed by atoms with van der Waals surface area (Å²) in [6.07, 6.45) is 4.15. The second-order valence-corrected chi connectivity index (χ2v) is 2.83. The summed E-state index contributed by atoms with van der Waals surface area (Å²) in [7, 11) is 0. The molecule has 4 heteroatoms. The second kappa shape index (κ2) is 2.64. The second-order valence-electron chi connectivity index (χ2n) is 2.83. The average molecular weight is 153 g/mol. The van der Waals surface area contributed by atoms with Crippen LogP contribution in [0.4, 0.5) is 0 Å². The molecule has 2 heterocycles. The number of nitrogens with one attached hydrogen (secondary N) is 1. The van der Waals surface area contributed by atoms with Gasteiger partial charge in [0.1, 0.15) is 6.26 Å². The first-order valence-electron chi connectivity index (χ1n) is 3.74. The zero-order valence-corrected chi connectivity index (χ0v) is 6.16. The molecule has 11 heavy (non-hydrogen) atoms. The highest BCUT2D eigenvalue weighted by molar-refractivity contribution is 4.96. The van der Waals surface area contributed by atoms with Crippen LogP contribution in [-0.4, -0.2) is 17.6 Å². The molecule has 0 aliphatic carbocycles. The van der Waals surface area contributed by atoms with Gasteiger partial charge in [-0.05, 0) is 6.42 Å². The molecule has 2 rings (SSSR count). The Morgan fingerprint density at radius 2 is 2.64 bits per heavy atom. The van der Waals surface area contributed by atoms with E-state index in [1.165, 1.54) is 0 Å². The van der Waals surface area contributed by atoms with Crippen LogP contribution in [0.1, 0.15) is 18.4 Å². The smallest absolute Gasteiger partial charge is 0.211 e. The van der Waals surface area contributed by atoms with E-state index in [1.807, 2.05) is 0 Å². The van der Waals surface area contributed by atoms with Crippen LogP contribution in [0.3, 0.4) is 0 Å². The van der Waals surface area contributed by atoms with E-state index in [4.69, 9.17) is 10.2 Å². The molecule has 0 aromatic carbocycles. The lowest BCUT2D eigenvalue weighted by Crippen LogP contribution is -2.22. The van der Waals surface area contributed by atoms with Crippen molar-refractivity contribution >= 4 is 0 Å². The van der Waals surface area contributed by atoms with Crippen molar-refractivity contribution in [2.45, 2.75) is 18.5 Å². The fraction of sp³-hybridized carbons (Fsp3) is 0.571. The van der Waals surface area contributed by atoms with Gasteiger partial charge in [0.05, 0.1) is 12.2 Å². The van der Waals surface area contributed by atoms with Crippen molar-refractivity contribution in [1.82, 2.24) is 10.3 Å². The van der Waals surface area contributed by atoms with Crippen LogP contribution in [0.2, 0.25) is 0 Å². The molecule has 1 aliphatic heterocycles. The van der Waals surface area contributed by atoms with Gasteiger partial charge in [0, 0.05) is 12.6 Å². The minimum Gasteiger partial charge on any atom is -0.447 e. The summed E-state index contributed by atoms with van der Waals surface area (Å²) in [5.41, 5.74) is 5.70. The Kier molecular flexibility index (Phi) is 1.63. The molecule has 60 valence electrons. The van der Waals surface area contributed by atoms with Gasteiger partial charge in [-0.2, -0.15) is 0 Å². The summed E-state index contributed by atoms with van der Waals surface area (Å²) >= 11 is 0. The van der Waals surface area contributed by atoms with Gasteiger partial charge in [0.25, 0.3) is 0 Å². The maximum atomic E-state index is 5.70. The lowest BCUT2D eigenvalue weighted by atomic mass is 10.2. The molecule has 4 nitrogen and oxygen atoms in total. The molecule has 1 aliphatic rings. The van der Waals surface area contributed by atoms with Crippen molar-refractivity contribution in [3.63, 3.8) is 0 Å². The third-order valence-corrected chi connectivity index (χ3v) is 1.91. The Hall–Kier alpha value is -0.870. The predicted molar refractivity (Wildman–Crippen MR) is 39.8 cm³/mol. The van der Waals surface area contributed by atoms with Crippen LogP contribution in [0.25, 0.3) is 0 Å². The molecular weight excluding hydrogens is 142 g/mol. The highest BCUT2D eigenvalue weighted by Gasteiger charge is 2.25. The molecule has 1 saturated heterocycles. The number of nitrogens with zero attached hydrogens (tertiary/aromatic N) is 1. The topological polar surface area (TPSA) is 64.1 Å². The molecule has 0 unspecified atom stereocenters. The number of aromatic nitrogens is 1. The summed E-state index contributed by atoms with van der Waals surface area (Å²) in [6.45, 7) is 0.854. The number of hydrogen-bond acceptors (Lipinski definition) is 4. The maximum Gasteiger partial charge on any atom is 0.211 e. The van der Waals surface area contributed by atoms with Crippen molar-refractivity contribution in [1.29, 1.82) is 0 Å². The SMILES string of the molecule is N[C@@H]1CN[C@H](c2ncco2)C1. The Morgan fingerprint density at radius 1 is 1.73 bits per heavy atom. The van der Waals surface area contributed by atoms with Crippen LogP contribution in [0.15, 0.2) is 16.9 Å². The van der Waals surface area contributed by atoms with Crippen molar-refractivity contribution in [2.75, 3.05) is 6.54 Å². The van der Waals surface area contributed by atoms with Gasteiger partial charge in [-0.1, -0.05) is 0 Å². The van der Waals surface area contributed by atoms with Crippen LogP contribution < -0.4 is 11.1 Å². The first-order chi connectivity index (χ1) is 5.36. The Labute approximate surface area is 64.8 Å². The van der Waals surface area contributed by atoms with Crippen molar-refractivity contribution in [3.8, 4) is 0 Å². The molecule has 0 radical (unpaired) electrons. The quantitative estimate of drug-likeness (QED) is 0.597. The van der Waals surface area contributed by atoms with Crippen LogP contribution in [-0.2, 0) is 0 Å². The van der Waals surface area contributed by atoms with E-state index in [0.29, 0.717) is 0 Å². The summed E-state index contributed by atoms with van der Waals surface area (Å²) in [5.74, 6) is 0.748. The van der Waals surface area contributed by atoms with Gasteiger partial charge in [-0.15, -0.1) is 0 Å². The molecule has 0 bridgehead atoms. The van der Waals surface area contributed by atoms with Crippen molar-refractivity contribution in [2.24, 2.45) is 5.73 Å². The Balaban J connectivity index is 2.08. The number of oxazole rings is 1.